The number of aryl methyl sites for hydroxylation is 6. The summed E-state index contributed by atoms with van der Waals surface area (Å²) in [5.41, 5.74) is 25.8. The molecule has 0 saturated carbocycles. The average molecular weight is 1420 g/mol. The monoisotopic (exact) mass is 1420 g/mol. The summed E-state index contributed by atoms with van der Waals surface area (Å²) in [5.74, 6) is -1.40. The Kier molecular flexibility index (Phi) is 27.0. The van der Waals surface area contributed by atoms with E-state index in [-0.39, 0.29) is 52.8 Å². The zero-order chi connectivity index (χ0) is 74.9. The van der Waals surface area contributed by atoms with E-state index < -0.39 is 32.6 Å². The van der Waals surface area contributed by atoms with Crippen LogP contribution in [0.25, 0.3) is 44.5 Å². The van der Waals surface area contributed by atoms with E-state index in [0.29, 0.717) is 36.9 Å². The molecule has 0 unspecified atom stereocenters. The molecule has 10 aromatic rings. The zero-order valence-corrected chi connectivity index (χ0v) is 63.2. The summed E-state index contributed by atoms with van der Waals surface area (Å²) in [6.45, 7) is 28.0. The summed E-state index contributed by atoms with van der Waals surface area (Å²) in [5, 5.41) is 6.36. The SMILES string of the molecule is CCCC(=O)c1ccc(C[C@@H](C(=O)Nc2ccc(-c3c(C)cc(C)cc3C)cc2)c2ccc(-c3ccc(C(C)(C)C)cc3)cc2)cc1.Cc1cc(C)c(-c2ccc(NC(=O)[C@H](Cc3ccc(C(=O)CCCCS(=O)(=O)O)cc3)c3ccc(-c4ccc(C(C)(C)C)cc4)cc3)cc2)c(C)c1.O=S(=O)=O. The highest BCUT2D eigenvalue weighted by Crippen LogP contribution is 2.35. The highest BCUT2D eigenvalue weighted by molar-refractivity contribution is 7.85. The van der Waals surface area contributed by atoms with Crippen LogP contribution < -0.4 is 10.6 Å². The van der Waals surface area contributed by atoms with Crippen molar-refractivity contribution in [3.05, 3.63) is 296 Å². The summed E-state index contributed by atoms with van der Waals surface area (Å²) in [6.07, 6.45) is 3.08. The Morgan fingerprint density at radius 3 is 0.990 bits per heavy atom. The standard InChI is InChI=1S/C45H49NO5S.C44H47NO2.O3S/c1-30-27-31(2)43(32(3)28-30)38-20-24-40(25-21-38)46-44(48)41(29-33-10-12-37(13-11-33)42(47)9-7-8-26-52(49,50)51)36-16-14-34(15-17-36)35-18-22-39(23-19-35)45(4,5)6;1-8-9-41(46)36-12-10-32(11-13-36)28-40(35-16-14-33(15-17-35)34-18-22-38(23-19-34)44(5,6)7)43(47)45-39-24-20-37(21-25-39)42-30(3)26-29(2)27-31(42)4;1-4(2)3/h10-25,27-28,41H,7-9,26,29H2,1-6H3,(H,46,48)(H,49,50,51);10-27,40H,8-9,28H2,1-7H3,(H,45,47);/t41-;40-;/m11./s1. The van der Waals surface area contributed by atoms with Crippen LogP contribution in [0, 0.1) is 41.5 Å². The number of hydrogen-bond acceptors (Lipinski definition) is 9. The molecule has 0 aliphatic heterocycles. The molecule has 0 aliphatic carbocycles. The van der Waals surface area contributed by atoms with E-state index in [2.05, 4.69) is 215 Å². The number of anilines is 2. The van der Waals surface area contributed by atoms with E-state index in [1.165, 1.54) is 55.6 Å². The van der Waals surface area contributed by atoms with Crippen molar-refractivity contribution < 1.29 is 44.8 Å². The van der Waals surface area contributed by atoms with Crippen molar-refractivity contribution in [3.8, 4) is 44.5 Å². The van der Waals surface area contributed by atoms with E-state index in [0.717, 1.165) is 73.3 Å². The van der Waals surface area contributed by atoms with Crippen molar-refractivity contribution in [2.75, 3.05) is 16.4 Å². The molecule has 2 atom stereocenters. The second-order valence-corrected chi connectivity index (χ2v) is 31.0. The molecule has 103 heavy (non-hydrogen) atoms. The number of amides is 2. The number of benzene rings is 10. The van der Waals surface area contributed by atoms with E-state index >= 15 is 0 Å². The van der Waals surface area contributed by atoms with Crippen LogP contribution in [-0.4, -0.2) is 54.7 Å². The first-order valence-electron chi connectivity index (χ1n) is 35.1. The van der Waals surface area contributed by atoms with Crippen molar-refractivity contribution in [2.45, 2.75) is 158 Å². The molecule has 10 rings (SSSR count). The molecule has 0 aliphatic rings. The van der Waals surface area contributed by atoms with Gasteiger partial charge in [-0.3, -0.25) is 23.7 Å². The number of Topliss-reactive ketones (excluding diaryl/α,β-unsaturated/α-hetero) is 2. The topological polar surface area (TPSA) is 198 Å². The Morgan fingerprint density at radius 1 is 0.408 bits per heavy atom. The first kappa shape index (κ1) is 78.7. The van der Waals surface area contributed by atoms with Crippen molar-refractivity contribution in [1.82, 2.24) is 0 Å². The lowest BCUT2D eigenvalue weighted by atomic mass is 9.86. The minimum atomic E-state index is -4.04. The Bertz CT molecular complexity index is 4770. The number of hydrogen-bond donors (Lipinski definition) is 3. The molecular weight excluding hydrogens is 1320 g/mol. The molecule has 2 amide bonds. The lowest BCUT2D eigenvalue weighted by molar-refractivity contribution is -0.118. The first-order chi connectivity index (χ1) is 48.7. The summed E-state index contributed by atoms with van der Waals surface area (Å²) >= 11 is 0. The summed E-state index contributed by atoms with van der Waals surface area (Å²) in [7, 11) is -7.15. The van der Waals surface area contributed by atoms with Gasteiger partial charge in [0, 0.05) is 35.3 Å². The van der Waals surface area contributed by atoms with Crippen LogP contribution in [-0.2, 0) is 54.0 Å². The van der Waals surface area contributed by atoms with Gasteiger partial charge in [-0.25, -0.2) is 0 Å². The van der Waals surface area contributed by atoms with Gasteiger partial charge in [-0.05, 0) is 209 Å². The second-order valence-electron chi connectivity index (χ2n) is 29.0. The van der Waals surface area contributed by atoms with Crippen LogP contribution in [0.2, 0.25) is 0 Å². The zero-order valence-electron chi connectivity index (χ0n) is 61.5. The molecule has 10 aromatic carbocycles. The van der Waals surface area contributed by atoms with E-state index in [1.54, 1.807) is 12.1 Å². The fourth-order valence-electron chi connectivity index (χ4n) is 13.2. The summed E-state index contributed by atoms with van der Waals surface area (Å²) in [4.78, 5) is 53.2. The Hall–Kier alpha value is -9.99. The third-order valence-corrected chi connectivity index (χ3v) is 19.4. The fraction of sp³-hybridized carbons (Fsp3) is 0.281. The molecule has 0 saturated heterocycles. The van der Waals surface area contributed by atoms with Gasteiger partial charge in [0.05, 0.1) is 17.6 Å². The van der Waals surface area contributed by atoms with Crippen LogP contribution in [0.3, 0.4) is 0 Å². The molecule has 3 N–H and O–H groups in total. The first-order valence-corrected chi connectivity index (χ1v) is 37.7. The molecule has 0 aromatic heterocycles. The van der Waals surface area contributed by atoms with Gasteiger partial charge in [0.15, 0.2) is 11.6 Å². The van der Waals surface area contributed by atoms with Gasteiger partial charge in [0.25, 0.3) is 10.1 Å². The van der Waals surface area contributed by atoms with Crippen LogP contribution in [0.1, 0.15) is 180 Å². The number of carbonyl (C=O) groups excluding carboxylic acids is 4. The third kappa shape index (κ3) is 22.8. The maximum absolute atomic E-state index is 14.1. The van der Waals surface area contributed by atoms with Gasteiger partial charge in [-0.1, -0.05) is 254 Å². The van der Waals surface area contributed by atoms with Crippen LogP contribution in [0.5, 0.6) is 0 Å². The molecule has 0 spiro atoms. The third-order valence-electron chi connectivity index (χ3n) is 18.6. The predicted molar refractivity (Wildman–Crippen MR) is 420 cm³/mol. The molecule has 534 valence electrons. The number of nitrogens with one attached hydrogen (secondary N) is 2. The minimum absolute atomic E-state index is 0.0612. The van der Waals surface area contributed by atoms with Gasteiger partial charge in [0.2, 0.25) is 11.8 Å². The number of unbranched alkanes of at least 4 members (excludes halogenated alkanes) is 1. The van der Waals surface area contributed by atoms with Crippen LogP contribution in [0.4, 0.5) is 11.4 Å². The number of carbonyl (C=O) groups is 4. The summed E-state index contributed by atoms with van der Waals surface area (Å²) in [6, 6.07) is 73.8. The fourth-order valence-corrected chi connectivity index (χ4v) is 13.8. The molecule has 0 bridgehead atoms. The van der Waals surface area contributed by atoms with Crippen LogP contribution in [0.15, 0.2) is 218 Å². The molecule has 0 fully saturated rings. The smallest absolute Gasteiger partial charge is 0.326 e. The van der Waals surface area contributed by atoms with Crippen molar-refractivity contribution in [2.24, 2.45) is 0 Å². The highest BCUT2D eigenvalue weighted by atomic mass is 32.2. The van der Waals surface area contributed by atoms with Gasteiger partial charge in [0.1, 0.15) is 0 Å². The molecule has 12 nitrogen and oxygen atoms in total. The summed E-state index contributed by atoms with van der Waals surface area (Å²) < 4.78 is 56.3. The Morgan fingerprint density at radius 2 is 0.699 bits per heavy atom. The maximum Gasteiger partial charge on any atom is 0.425 e. The molecule has 14 heteroatoms. The maximum atomic E-state index is 14.1. The highest BCUT2D eigenvalue weighted by Gasteiger charge is 2.25. The molecule has 0 heterocycles. The Balaban J connectivity index is 0.000000249. The lowest BCUT2D eigenvalue weighted by Gasteiger charge is -2.20. The lowest BCUT2D eigenvalue weighted by Crippen LogP contribution is -2.23. The average Bonchev–Trinajstić information content (AvgIpc) is 0.822. The Labute approximate surface area is 611 Å². The van der Waals surface area contributed by atoms with Gasteiger partial charge in [-0.2, -0.15) is 8.42 Å². The van der Waals surface area contributed by atoms with Crippen molar-refractivity contribution in [3.63, 3.8) is 0 Å². The normalized spacial score (nSPS) is 12.0. The van der Waals surface area contributed by atoms with Crippen molar-refractivity contribution >= 4 is 55.5 Å². The van der Waals surface area contributed by atoms with Crippen molar-refractivity contribution in [1.29, 1.82) is 0 Å². The second kappa shape index (κ2) is 35.3. The van der Waals surface area contributed by atoms with Crippen LogP contribution >= 0.6 is 0 Å². The molecule has 0 radical (unpaired) electrons. The van der Waals surface area contributed by atoms with E-state index in [9.17, 15) is 27.6 Å². The number of rotatable bonds is 23. The molecular formula is C89H96N2O10S2. The predicted octanol–water partition coefficient (Wildman–Crippen LogP) is 20.6. The van der Waals surface area contributed by atoms with Gasteiger partial charge < -0.3 is 10.6 Å². The number of ketones is 2. The van der Waals surface area contributed by atoms with E-state index in [1.807, 2.05) is 91.9 Å². The van der Waals surface area contributed by atoms with E-state index in [4.69, 9.17) is 17.2 Å². The minimum Gasteiger partial charge on any atom is -0.326 e. The largest absolute Gasteiger partial charge is 0.425 e. The quantitative estimate of drug-likeness (QED) is 0.0315. The van der Waals surface area contributed by atoms with Gasteiger partial charge in [-0.15, -0.1) is 12.6 Å². The van der Waals surface area contributed by atoms with Gasteiger partial charge >= 0.3 is 10.6 Å².